The van der Waals surface area contributed by atoms with Crippen molar-refractivity contribution in [1.82, 2.24) is 4.98 Å². The van der Waals surface area contributed by atoms with Gasteiger partial charge in [-0.3, -0.25) is 4.79 Å². The van der Waals surface area contributed by atoms with Crippen molar-refractivity contribution in [2.75, 3.05) is 18.0 Å². The zero-order chi connectivity index (χ0) is 20.8. The van der Waals surface area contributed by atoms with Crippen LogP contribution in [0.25, 0.3) is 0 Å². The first kappa shape index (κ1) is 25.1. The first-order valence-electron chi connectivity index (χ1n) is 11.7. The quantitative estimate of drug-likeness (QED) is 0.207. The summed E-state index contributed by atoms with van der Waals surface area (Å²) in [6.45, 7) is 13.1. The van der Waals surface area contributed by atoms with Gasteiger partial charge in [-0.2, -0.15) is 0 Å². The average Bonchev–Trinajstić information content (AvgIpc) is 3.10. The Bertz CT molecular complexity index is 517. The third kappa shape index (κ3) is 9.54. The summed E-state index contributed by atoms with van der Waals surface area (Å²) in [5, 5.41) is 1.05. The predicted molar refractivity (Wildman–Crippen MR) is 125 cm³/mol. The van der Waals surface area contributed by atoms with E-state index in [1.807, 2.05) is 0 Å². The molecule has 0 unspecified atom stereocenters. The van der Waals surface area contributed by atoms with Gasteiger partial charge in [-0.05, 0) is 12.8 Å². The molecule has 0 saturated carbocycles. The Morgan fingerprint density at radius 3 is 1.68 bits per heavy atom. The zero-order valence-corrected chi connectivity index (χ0v) is 20.0. The Morgan fingerprint density at radius 2 is 1.29 bits per heavy atom. The number of nitrogens with zero attached hydrogens (tertiary/aromatic N) is 2. The van der Waals surface area contributed by atoms with Crippen LogP contribution in [0.15, 0.2) is 0 Å². The Kier molecular flexibility index (Phi) is 12.7. The molecule has 0 aliphatic heterocycles. The van der Waals surface area contributed by atoms with Crippen LogP contribution in [0.2, 0.25) is 0 Å². The Hall–Kier alpha value is -0.900. The van der Waals surface area contributed by atoms with E-state index in [2.05, 4.69) is 39.5 Å². The van der Waals surface area contributed by atoms with Gasteiger partial charge in [0.05, 0.1) is 10.6 Å². The molecule has 0 bridgehead atoms. The predicted octanol–water partition coefficient (Wildman–Crippen LogP) is 7.78. The highest BCUT2D eigenvalue weighted by Crippen LogP contribution is 2.33. The van der Waals surface area contributed by atoms with E-state index in [1.165, 1.54) is 77.0 Å². The molecule has 0 aliphatic rings. The Labute approximate surface area is 178 Å². The monoisotopic (exact) mass is 408 g/mol. The molecule has 3 nitrogen and oxygen atoms in total. The molecule has 0 radical (unpaired) electrons. The van der Waals surface area contributed by atoms with Gasteiger partial charge in [-0.1, -0.05) is 110 Å². The van der Waals surface area contributed by atoms with Crippen molar-refractivity contribution in [1.29, 1.82) is 0 Å². The molecule has 1 heterocycles. The van der Waals surface area contributed by atoms with Gasteiger partial charge in [0.15, 0.2) is 11.4 Å². The first-order chi connectivity index (χ1) is 13.4. The summed E-state index contributed by atoms with van der Waals surface area (Å²) in [5.41, 5.74) is 0.871. The van der Waals surface area contributed by atoms with Crippen LogP contribution in [-0.2, 0) is 5.41 Å². The molecule has 0 fully saturated rings. The maximum Gasteiger partial charge on any atom is 0.186 e. The number of carbonyl (C=O) groups excluding carboxylic acids is 1. The molecule has 0 amide bonds. The number of thiazole rings is 1. The second-order valence-corrected chi connectivity index (χ2v) is 10.1. The largest absolute Gasteiger partial charge is 0.348 e. The molecule has 1 aromatic heterocycles. The lowest BCUT2D eigenvalue weighted by molar-refractivity contribution is 0.112. The molecule has 1 aromatic rings. The van der Waals surface area contributed by atoms with Gasteiger partial charge >= 0.3 is 0 Å². The van der Waals surface area contributed by atoms with Crippen LogP contribution in [0.3, 0.4) is 0 Å². The maximum absolute atomic E-state index is 11.6. The van der Waals surface area contributed by atoms with Crippen molar-refractivity contribution in [3.05, 3.63) is 10.6 Å². The van der Waals surface area contributed by atoms with Crippen LogP contribution in [-0.4, -0.2) is 24.4 Å². The van der Waals surface area contributed by atoms with Crippen LogP contribution in [0.1, 0.15) is 127 Å². The van der Waals surface area contributed by atoms with E-state index in [-0.39, 0.29) is 5.41 Å². The highest BCUT2D eigenvalue weighted by Gasteiger charge is 2.24. The molecular formula is C24H44N2OS. The van der Waals surface area contributed by atoms with Gasteiger partial charge in [0.2, 0.25) is 0 Å². The molecule has 0 atom stereocenters. The van der Waals surface area contributed by atoms with Gasteiger partial charge in [0.25, 0.3) is 0 Å². The number of anilines is 1. The van der Waals surface area contributed by atoms with Crippen molar-refractivity contribution in [2.24, 2.45) is 0 Å². The number of hydrogen-bond acceptors (Lipinski definition) is 4. The smallest absolute Gasteiger partial charge is 0.186 e. The highest BCUT2D eigenvalue weighted by atomic mass is 32.1. The lowest BCUT2D eigenvalue weighted by Crippen LogP contribution is -2.26. The molecule has 4 heteroatoms. The first-order valence-corrected chi connectivity index (χ1v) is 12.5. The second kappa shape index (κ2) is 14.1. The number of carbonyl (C=O) groups is 1. The molecular weight excluding hydrogens is 364 g/mol. The van der Waals surface area contributed by atoms with Crippen LogP contribution < -0.4 is 4.90 Å². The summed E-state index contributed by atoms with van der Waals surface area (Å²) in [7, 11) is 0. The van der Waals surface area contributed by atoms with Crippen LogP contribution in [0.5, 0.6) is 0 Å². The number of rotatable bonds is 16. The highest BCUT2D eigenvalue weighted by molar-refractivity contribution is 7.17. The molecule has 162 valence electrons. The van der Waals surface area contributed by atoms with Gasteiger partial charge in [0, 0.05) is 18.5 Å². The molecule has 0 saturated heterocycles. The minimum Gasteiger partial charge on any atom is -0.348 e. The minimum atomic E-state index is -0.0863. The maximum atomic E-state index is 11.6. The zero-order valence-electron chi connectivity index (χ0n) is 19.2. The van der Waals surface area contributed by atoms with E-state index in [0.29, 0.717) is 0 Å². The summed E-state index contributed by atoms with van der Waals surface area (Å²) in [5.74, 6) is 0. The fourth-order valence-corrected chi connectivity index (χ4v) is 4.68. The van der Waals surface area contributed by atoms with Crippen LogP contribution in [0.4, 0.5) is 5.13 Å². The third-order valence-corrected chi connectivity index (χ3v) is 6.33. The Morgan fingerprint density at radius 1 is 0.821 bits per heavy atom. The number of unbranched alkanes of at least 4 members (excludes halogenated alkanes) is 10. The number of aromatic nitrogens is 1. The summed E-state index contributed by atoms with van der Waals surface area (Å²) < 4.78 is 0. The SMILES string of the molecule is CCCCCCCCN(CCCCCCCC)c1nc(C(C)(C)C)c(C=O)s1. The topological polar surface area (TPSA) is 33.2 Å². The van der Waals surface area contributed by atoms with E-state index >= 15 is 0 Å². The fraction of sp³-hybridized carbons (Fsp3) is 0.833. The standard InChI is InChI=1S/C24H44N2OS/c1-6-8-10-12-14-16-18-26(19-17-15-13-11-9-7-2)23-25-22(24(3,4)5)21(20-27)28-23/h20H,6-19H2,1-5H3. The van der Waals surface area contributed by atoms with E-state index in [1.54, 1.807) is 11.3 Å². The van der Waals surface area contributed by atoms with E-state index in [9.17, 15) is 4.79 Å². The second-order valence-electron chi connectivity index (χ2n) is 9.10. The van der Waals surface area contributed by atoms with Crippen molar-refractivity contribution >= 4 is 22.8 Å². The summed E-state index contributed by atoms with van der Waals surface area (Å²) in [6.07, 6.45) is 16.7. The van der Waals surface area contributed by atoms with Gasteiger partial charge in [-0.15, -0.1) is 0 Å². The molecule has 1 rings (SSSR count). The van der Waals surface area contributed by atoms with E-state index < -0.39 is 0 Å². The fourth-order valence-electron chi connectivity index (χ4n) is 3.54. The lowest BCUT2D eigenvalue weighted by Gasteiger charge is -2.22. The van der Waals surface area contributed by atoms with Gasteiger partial charge in [-0.25, -0.2) is 4.98 Å². The molecule has 0 aromatic carbocycles. The van der Waals surface area contributed by atoms with Crippen LogP contribution in [0, 0.1) is 0 Å². The third-order valence-electron chi connectivity index (χ3n) is 5.29. The van der Waals surface area contributed by atoms with Gasteiger partial charge in [0.1, 0.15) is 0 Å². The lowest BCUT2D eigenvalue weighted by atomic mass is 9.91. The van der Waals surface area contributed by atoms with Crippen molar-refractivity contribution in [3.63, 3.8) is 0 Å². The summed E-state index contributed by atoms with van der Waals surface area (Å²) in [6, 6.07) is 0. The average molecular weight is 409 g/mol. The summed E-state index contributed by atoms with van der Waals surface area (Å²) >= 11 is 1.59. The molecule has 0 N–H and O–H groups in total. The Balaban J connectivity index is 2.68. The van der Waals surface area contributed by atoms with Crippen molar-refractivity contribution in [3.8, 4) is 0 Å². The molecule has 28 heavy (non-hydrogen) atoms. The normalized spacial score (nSPS) is 11.8. The van der Waals surface area contributed by atoms with E-state index in [0.717, 1.165) is 35.1 Å². The van der Waals surface area contributed by atoms with Crippen molar-refractivity contribution in [2.45, 2.75) is 117 Å². The van der Waals surface area contributed by atoms with Crippen LogP contribution >= 0.6 is 11.3 Å². The minimum absolute atomic E-state index is 0.0863. The van der Waals surface area contributed by atoms with Gasteiger partial charge < -0.3 is 4.90 Å². The summed E-state index contributed by atoms with van der Waals surface area (Å²) in [4.78, 5) is 19.8. The molecule has 0 spiro atoms. The molecule has 0 aliphatic carbocycles. The van der Waals surface area contributed by atoms with Crippen molar-refractivity contribution < 1.29 is 4.79 Å². The number of aldehydes is 1. The number of hydrogen-bond donors (Lipinski definition) is 0. The van der Waals surface area contributed by atoms with E-state index in [4.69, 9.17) is 4.98 Å².